The largest absolute Gasteiger partial charge is 0.372 e. The lowest BCUT2D eigenvalue weighted by Gasteiger charge is -2.06. The molecule has 0 unspecified atom stereocenters. The number of rotatable bonds is 3. The molecule has 0 atom stereocenters. The Bertz CT molecular complexity index is 831. The molecule has 3 aromatic heterocycles. The second kappa shape index (κ2) is 4.99. The highest BCUT2D eigenvalue weighted by Crippen LogP contribution is 2.33. The Hall–Kier alpha value is -1.73. The number of thiophene rings is 1. The number of hydrogen-bond donors (Lipinski definition) is 1. The van der Waals surface area contributed by atoms with E-state index in [2.05, 4.69) is 29.1 Å². The summed E-state index contributed by atoms with van der Waals surface area (Å²) in [5.41, 5.74) is 1.22. The van der Waals surface area contributed by atoms with Crippen LogP contribution < -0.4 is 10.2 Å². The Balaban J connectivity index is 2.13. The maximum Gasteiger partial charge on any atom is 0.307 e. The molecule has 0 aliphatic rings. The fourth-order valence-electron chi connectivity index (χ4n) is 2.11. The summed E-state index contributed by atoms with van der Waals surface area (Å²) in [5.74, 6) is 1.48. The van der Waals surface area contributed by atoms with E-state index in [1.165, 1.54) is 21.8 Å². The normalized spacial score (nSPS) is 11.2. The van der Waals surface area contributed by atoms with E-state index in [4.69, 9.17) is 0 Å². The van der Waals surface area contributed by atoms with Crippen molar-refractivity contribution >= 4 is 38.7 Å². The molecule has 104 valence electrons. The van der Waals surface area contributed by atoms with Gasteiger partial charge in [-0.1, -0.05) is 11.3 Å². The average Bonchev–Trinajstić information content (AvgIpc) is 2.94. The third-order valence-electron chi connectivity index (χ3n) is 3.27. The lowest BCUT2D eigenvalue weighted by molar-refractivity contribution is 0.739. The van der Waals surface area contributed by atoms with Crippen molar-refractivity contribution in [2.75, 3.05) is 12.4 Å². The maximum absolute atomic E-state index is 11.6. The number of anilines is 1. The van der Waals surface area contributed by atoms with Gasteiger partial charge in [0.1, 0.15) is 10.6 Å². The fraction of sp³-hybridized carbons (Fsp3) is 0.308. The van der Waals surface area contributed by atoms with Gasteiger partial charge >= 0.3 is 4.87 Å². The zero-order valence-corrected chi connectivity index (χ0v) is 13.1. The summed E-state index contributed by atoms with van der Waals surface area (Å²) in [6, 6.07) is 0. The van der Waals surface area contributed by atoms with Crippen LogP contribution in [0.1, 0.15) is 16.3 Å². The van der Waals surface area contributed by atoms with Crippen molar-refractivity contribution in [3.8, 4) is 0 Å². The molecule has 0 bridgehead atoms. The zero-order chi connectivity index (χ0) is 14.3. The predicted octanol–water partition coefficient (Wildman–Crippen LogP) is 2.62. The van der Waals surface area contributed by atoms with Crippen molar-refractivity contribution in [1.82, 2.24) is 14.5 Å². The Morgan fingerprint density at radius 1 is 1.35 bits per heavy atom. The predicted molar refractivity (Wildman–Crippen MR) is 84.1 cm³/mol. The molecule has 0 saturated carbocycles. The first-order valence-electron chi connectivity index (χ1n) is 6.18. The molecule has 3 heterocycles. The highest BCUT2D eigenvalue weighted by atomic mass is 32.1. The van der Waals surface area contributed by atoms with Gasteiger partial charge in [-0.2, -0.15) is 0 Å². The first kappa shape index (κ1) is 13.3. The third kappa shape index (κ3) is 2.12. The van der Waals surface area contributed by atoms with Gasteiger partial charge in [-0.25, -0.2) is 9.97 Å². The number of aromatic nitrogens is 3. The average molecular weight is 306 g/mol. The standard InChI is InChI=1S/C13H14N4OS2/c1-7-8(2)20-12-10(7)11(14-3)15-9(16-12)6-17-4-5-19-13(17)18/h4-5H,6H2,1-3H3,(H,14,15,16). The van der Waals surface area contributed by atoms with Gasteiger partial charge in [-0.3, -0.25) is 9.36 Å². The lowest BCUT2D eigenvalue weighted by Crippen LogP contribution is -2.15. The van der Waals surface area contributed by atoms with E-state index in [9.17, 15) is 4.79 Å². The number of nitrogens with one attached hydrogen (secondary N) is 1. The molecule has 1 N–H and O–H groups in total. The Kier molecular flexibility index (Phi) is 3.31. The van der Waals surface area contributed by atoms with Crippen LogP contribution >= 0.6 is 22.7 Å². The highest BCUT2D eigenvalue weighted by Gasteiger charge is 2.14. The maximum atomic E-state index is 11.6. The molecule has 5 nitrogen and oxygen atoms in total. The number of aryl methyl sites for hydroxylation is 2. The van der Waals surface area contributed by atoms with Crippen LogP contribution in [0.4, 0.5) is 5.82 Å². The van der Waals surface area contributed by atoms with Crippen LogP contribution in [0.15, 0.2) is 16.4 Å². The minimum Gasteiger partial charge on any atom is -0.372 e. The molecule has 0 spiro atoms. The van der Waals surface area contributed by atoms with Crippen LogP contribution in [0.3, 0.4) is 0 Å². The van der Waals surface area contributed by atoms with E-state index in [1.54, 1.807) is 27.5 Å². The van der Waals surface area contributed by atoms with Crippen LogP contribution in [0.5, 0.6) is 0 Å². The Morgan fingerprint density at radius 2 is 2.15 bits per heavy atom. The molecular formula is C13H14N4OS2. The smallest absolute Gasteiger partial charge is 0.307 e. The number of nitrogens with zero attached hydrogens (tertiary/aromatic N) is 3. The van der Waals surface area contributed by atoms with Crippen LogP contribution in [0.25, 0.3) is 10.2 Å². The molecule has 7 heteroatoms. The molecule has 0 saturated heterocycles. The number of thiazole rings is 1. The van der Waals surface area contributed by atoms with Crippen molar-refractivity contribution < 1.29 is 0 Å². The molecule has 0 fully saturated rings. The van der Waals surface area contributed by atoms with Crippen LogP contribution in [-0.4, -0.2) is 21.6 Å². The van der Waals surface area contributed by atoms with E-state index in [0.717, 1.165) is 16.0 Å². The molecule has 0 amide bonds. The molecule has 3 rings (SSSR count). The molecule has 0 radical (unpaired) electrons. The molecule has 0 aromatic carbocycles. The van der Waals surface area contributed by atoms with Gasteiger partial charge in [0, 0.05) is 23.5 Å². The van der Waals surface area contributed by atoms with Gasteiger partial charge in [-0.05, 0) is 19.4 Å². The summed E-state index contributed by atoms with van der Waals surface area (Å²) in [6.07, 6.45) is 1.77. The van der Waals surface area contributed by atoms with Crippen LogP contribution in [-0.2, 0) is 6.54 Å². The fourth-order valence-corrected chi connectivity index (χ4v) is 3.74. The number of hydrogen-bond acceptors (Lipinski definition) is 6. The summed E-state index contributed by atoms with van der Waals surface area (Å²) in [7, 11) is 1.86. The molecule has 3 aromatic rings. The second-order valence-electron chi connectivity index (χ2n) is 4.50. The molecule has 0 aliphatic carbocycles. The molecular weight excluding hydrogens is 292 g/mol. The van der Waals surface area contributed by atoms with Crippen molar-refractivity contribution in [2.45, 2.75) is 20.4 Å². The van der Waals surface area contributed by atoms with E-state index < -0.39 is 0 Å². The summed E-state index contributed by atoms with van der Waals surface area (Å²) in [4.78, 5) is 23.0. The highest BCUT2D eigenvalue weighted by molar-refractivity contribution is 7.18. The monoisotopic (exact) mass is 306 g/mol. The Morgan fingerprint density at radius 3 is 2.80 bits per heavy atom. The van der Waals surface area contributed by atoms with Crippen molar-refractivity contribution in [2.24, 2.45) is 0 Å². The zero-order valence-electron chi connectivity index (χ0n) is 11.4. The second-order valence-corrected chi connectivity index (χ2v) is 6.56. The van der Waals surface area contributed by atoms with Gasteiger partial charge in [0.25, 0.3) is 0 Å². The quantitative estimate of drug-likeness (QED) is 0.808. The van der Waals surface area contributed by atoms with Crippen molar-refractivity contribution in [1.29, 1.82) is 0 Å². The van der Waals surface area contributed by atoms with Gasteiger partial charge in [0.15, 0.2) is 5.82 Å². The van der Waals surface area contributed by atoms with Crippen LogP contribution in [0.2, 0.25) is 0 Å². The summed E-state index contributed by atoms with van der Waals surface area (Å²) >= 11 is 2.85. The van der Waals surface area contributed by atoms with Gasteiger partial charge in [-0.15, -0.1) is 11.3 Å². The van der Waals surface area contributed by atoms with E-state index in [1.807, 2.05) is 7.05 Å². The van der Waals surface area contributed by atoms with Gasteiger partial charge in [0.2, 0.25) is 0 Å². The lowest BCUT2D eigenvalue weighted by atomic mass is 10.2. The third-order valence-corrected chi connectivity index (χ3v) is 5.06. The topological polar surface area (TPSA) is 59.8 Å². The first-order chi connectivity index (χ1) is 9.60. The van der Waals surface area contributed by atoms with Crippen LogP contribution in [0, 0.1) is 13.8 Å². The van der Waals surface area contributed by atoms with Crippen molar-refractivity contribution in [3.05, 3.63) is 37.5 Å². The Labute approximate surface area is 123 Å². The van der Waals surface area contributed by atoms with E-state index >= 15 is 0 Å². The van der Waals surface area contributed by atoms with E-state index in [-0.39, 0.29) is 4.87 Å². The summed E-state index contributed by atoms with van der Waals surface area (Å²) < 4.78 is 1.62. The van der Waals surface area contributed by atoms with Gasteiger partial charge < -0.3 is 5.32 Å². The molecule has 0 aliphatic heterocycles. The van der Waals surface area contributed by atoms with Crippen molar-refractivity contribution in [3.63, 3.8) is 0 Å². The minimum atomic E-state index is 0.0123. The summed E-state index contributed by atoms with van der Waals surface area (Å²) in [5, 5.41) is 5.99. The first-order valence-corrected chi connectivity index (χ1v) is 7.88. The molecule has 20 heavy (non-hydrogen) atoms. The SMILES string of the molecule is CNc1nc(Cn2ccsc2=O)nc2sc(C)c(C)c12. The van der Waals surface area contributed by atoms with E-state index in [0.29, 0.717) is 12.4 Å². The minimum absolute atomic E-state index is 0.0123. The summed E-state index contributed by atoms with van der Waals surface area (Å²) in [6.45, 7) is 4.58. The number of fused-ring (bicyclic) bond motifs is 1. The van der Waals surface area contributed by atoms with Gasteiger partial charge in [0.05, 0.1) is 11.9 Å².